The Morgan fingerprint density at radius 1 is 1.03 bits per heavy atom. The van der Waals surface area contributed by atoms with Gasteiger partial charge in [0, 0.05) is 49.2 Å². The van der Waals surface area contributed by atoms with Gasteiger partial charge in [-0.05, 0) is 61.2 Å². The molecule has 0 aromatic heterocycles. The summed E-state index contributed by atoms with van der Waals surface area (Å²) in [6.45, 7) is 3.15. The van der Waals surface area contributed by atoms with Gasteiger partial charge in [0.15, 0.2) is 0 Å². The maximum atomic E-state index is 12.9. The van der Waals surface area contributed by atoms with Crippen molar-refractivity contribution < 1.29 is 22.8 Å². The van der Waals surface area contributed by atoms with Crippen LogP contribution in [0.25, 0.3) is 0 Å². The number of carbonyl (C=O) groups is 2. The zero-order valence-corrected chi connectivity index (χ0v) is 19.7. The predicted molar refractivity (Wildman–Crippen MR) is 129 cm³/mol. The van der Waals surface area contributed by atoms with E-state index in [1.54, 1.807) is 0 Å². The monoisotopic (exact) mass is 488 g/mol. The molecule has 188 valence electrons. The van der Waals surface area contributed by atoms with Gasteiger partial charge in [-0.25, -0.2) is 0 Å². The van der Waals surface area contributed by atoms with E-state index in [0.717, 1.165) is 29.0 Å². The maximum Gasteiger partial charge on any atom is 0.391 e. The van der Waals surface area contributed by atoms with Gasteiger partial charge >= 0.3 is 6.18 Å². The van der Waals surface area contributed by atoms with Gasteiger partial charge < -0.3 is 20.9 Å². The van der Waals surface area contributed by atoms with Crippen LogP contribution in [0.15, 0.2) is 48.5 Å². The third kappa shape index (κ3) is 6.26. The molecule has 0 spiro atoms. The predicted octanol–water partition coefficient (Wildman–Crippen LogP) is 4.74. The number of halogens is 3. The standard InChI is InChI=1S/C26H31F3N4O2/c1-2-23-22(15-24(34)32-23)25(35)30-16-17-3-5-19(6-4-17)31-20-7-9-21(10-8-20)33-13-11-18(12-14-33)26(27,28)29/h3-10,18,22-23,31H,2,11-16H2,1H3,(H,30,35)(H,32,34). The summed E-state index contributed by atoms with van der Waals surface area (Å²) < 4.78 is 38.6. The second-order valence-corrected chi connectivity index (χ2v) is 9.28. The number of benzene rings is 2. The molecule has 0 bridgehead atoms. The molecule has 2 atom stereocenters. The normalized spacial score (nSPS) is 21.0. The van der Waals surface area contributed by atoms with Crippen LogP contribution in [0.3, 0.4) is 0 Å². The third-order valence-corrected chi connectivity index (χ3v) is 6.91. The molecule has 4 rings (SSSR count). The van der Waals surface area contributed by atoms with Crippen LogP contribution < -0.4 is 20.9 Å². The summed E-state index contributed by atoms with van der Waals surface area (Å²) in [6, 6.07) is 15.3. The Kier molecular flexibility index (Phi) is 7.52. The fourth-order valence-electron chi connectivity index (χ4n) is 4.78. The van der Waals surface area contributed by atoms with Crippen LogP contribution in [0.2, 0.25) is 0 Å². The summed E-state index contributed by atoms with van der Waals surface area (Å²) in [7, 11) is 0. The van der Waals surface area contributed by atoms with E-state index in [9.17, 15) is 22.8 Å². The van der Waals surface area contributed by atoms with Gasteiger partial charge in [0.1, 0.15) is 0 Å². The Balaban J connectivity index is 1.26. The van der Waals surface area contributed by atoms with E-state index < -0.39 is 12.1 Å². The highest BCUT2D eigenvalue weighted by Gasteiger charge is 2.41. The second-order valence-electron chi connectivity index (χ2n) is 9.28. The van der Waals surface area contributed by atoms with Crippen molar-refractivity contribution in [3.63, 3.8) is 0 Å². The van der Waals surface area contributed by atoms with Crippen LogP contribution in [-0.2, 0) is 16.1 Å². The number of amides is 2. The number of hydrogen-bond donors (Lipinski definition) is 3. The molecule has 2 saturated heterocycles. The Hall–Kier alpha value is -3.23. The van der Waals surface area contributed by atoms with Crippen LogP contribution >= 0.6 is 0 Å². The number of hydrogen-bond acceptors (Lipinski definition) is 4. The van der Waals surface area contributed by atoms with Gasteiger partial charge in [0.2, 0.25) is 11.8 Å². The molecule has 3 N–H and O–H groups in total. The highest BCUT2D eigenvalue weighted by molar-refractivity contribution is 5.90. The molecule has 2 heterocycles. The molecule has 2 aromatic carbocycles. The maximum absolute atomic E-state index is 12.9. The number of carbonyl (C=O) groups excluding carboxylic acids is 2. The molecule has 0 aliphatic carbocycles. The van der Waals surface area contributed by atoms with Crippen molar-refractivity contribution in [2.75, 3.05) is 23.3 Å². The first-order chi connectivity index (χ1) is 16.7. The second kappa shape index (κ2) is 10.6. The minimum atomic E-state index is -4.10. The number of rotatable bonds is 7. The third-order valence-electron chi connectivity index (χ3n) is 6.91. The number of alkyl halides is 3. The quantitative estimate of drug-likeness (QED) is 0.527. The topological polar surface area (TPSA) is 73.5 Å². The zero-order valence-electron chi connectivity index (χ0n) is 19.7. The smallest absolute Gasteiger partial charge is 0.372 e. The Morgan fingerprint density at radius 3 is 2.20 bits per heavy atom. The van der Waals surface area contributed by atoms with Gasteiger partial charge in [0.05, 0.1) is 11.8 Å². The lowest BCUT2D eigenvalue weighted by molar-refractivity contribution is -0.179. The van der Waals surface area contributed by atoms with E-state index in [1.807, 2.05) is 60.4 Å². The molecule has 2 aliphatic rings. The van der Waals surface area contributed by atoms with Crippen molar-refractivity contribution in [2.45, 2.75) is 51.4 Å². The highest BCUT2D eigenvalue weighted by Crippen LogP contribution is 2.35. The van der Waals surface area contributed by atoms with Crippen molar-refractivity contribution in [3.05, 3.63) is 54.1 Å². The summed E-state index contributed by atoms with van der Waals surface area (Å²) in [5, 5.41) is 9.08. The molecule has 2 fully saturated rings. The van der Waals surface area contributed by atoms with Crippen LogP contribution in [0.4, 0.5) is 30.2 Å². The van der Waals surface area contributed by atoms with Crippen LogP contribution in [0.5, 0.6) is 0 Å². The molecule has 35 heavy (non-hydrogen) atoms. The van der Waals surface area contributed by atoms with Crippen LogP contribution in [0, 0.1) is 11.8 Å². The van der Waals surface area contributed by atoms with Crippen molar-refractivity contribution in [3.8, 4) is 0 Å². The first-order valence-corrected chi connectivity index (χ1v) is 12.1. The number of nitrogens with one attached hydrogen (secondary N) is 3. The molecular formula is C26H31F3N4O2. The summed E-state index contributed by atoms with van der Waals surface area (Å²) >= 11 is 0. The van der Waals surface area contributed by atoms with Crippen molar-refractivity contribution in [1.82, 2.24) is 10.6 Å². The largest absolute Gasteiger partial charge is 0.391 e. The lowest BCUT2D eigenvalue weighted by Gasteiger charge is -2.34. The van der Waals surface area contributed by atoms with E-state index in [4.69, 9.17) is 0 Å². The average Bonchev–Trinajstić information content (AvgIpc) is 3.24. The van der Waals surface area contributed by atoms with E-state index in [-0.39, 0.29) is 43.0 Å². The van der Waals surface area contributed by atoms with E-state index in [0.29, 0.717) is 19.6 Å². The fourth-order valence-corrected chi connectivity index (χ4v) is 4.78. The van der Waals surface area contributed by atoms with Gasteiger partial charge in [0.25, 0.3) is 0 Å². The summed E-state index contributed by atoms with van der Waals surface area (Å²) in [6.07, 6.45) is -2.89. The lowest BCUT2D eigenvalue weighted by Crippen LogP contribution is -2.38. The minimum absolute atomic E-state index is 0.0773. The van der Waals surface area contributed by atoms with E-state index in [1.165, 1.54) is 0 Å². The Bertz CT molecular complexity index is 1020. The molecule has 2 aromatic rings. The molecule has 2 aliphatic heterocycles. The number of anilines is 3. The first-order valence-electron chi connectivity index (χ1n) is 12.1. The summed E-state index contributed by atoms with van der Waals surface area (Å²) in [4.78, 5) is 26.1. The van der Waals surface area contributed by atoms with E-state index >= 15 is 0 Å². The molecule has 0 radical (unpaired) electrons. The molecule has 2 unspecified atom stereocenters. The number of nitrogens with zero attached hydrogens (tertiary/aromatic N) is 1. The highest BCUT2D eigenvalue weighted by atomic mass is 19.4. The minimum Gasteiger partial charge on any atom is -0.372 e. The van der Waals surface area contributed by atoms with Crippen LogP contribution in [0.1, 0.15) is 38.2 Å². The number of piperidine rings is 1. The molecule has 2 amide bonds. The van der Waals surface area contributed by atoms with Gasteiger partial charge in [-0.1, -0.05) is 19.1 Å². The van der Waals surface area contributed by atoms with Gasteiger partial charge in [-0.15, -0.1) is 0 Å². The Morgan fingerprint density at radius 2 is 1.63 bits per heavy atom. The van der Waals surface area contributed by atoms with Crippen molar-refractivity contribution in [1.29, 1.82) is 0 Å². The molecule has 0 saturated carbocycles. The van der Waals surface area contributed by atoms with E-state index in [2.05, 4.69) is 16.0 Å². The van der Waals surface area contributed by atoms with Crippen molar-refractivity contribution in [2.24, 2.45) is 11.8 Å². The lowest BCUT2D eigenvalue weighted by atomic mass is 9.96. The molecule has 6 nitrogen and oxygen atoms in total. The van der Waals surface area contributed by atoms with Gasteiger partial charge in [-0.2, -0.15) is 13.2 Å². The summed E-state index contributed by atoms with van der Waals surface area (Å²) in [5.74, 6) is -1.72. The molecular weight excluding hydrogens is 457 g/mol. The van der Waals surface area contributed by atoms with Crippen LogP contribution in [-0.4, -0.2) is 37.1 Å². The fraction of sp³-hybridized carbons (Fsp3) is 0.462. The zero-order chi connectivity index (χ0) is 25.0. The van der Waals surface area contributed by atoms with Gasteiger partial charge in [-0.3, -0.25) is 9.59 Å². The van der Waals surface area contributed by atoms with Crippen molar-refractivity contribution >= 4 is 28.9 Å². The average molecular weight is 489 g/mol. The summed E-state index contributed by atoms with van der Waals surface area (Å²) in [5.41, 5.74) is 3.64. The Labute approximate surface area is 203 Å². The SMILES string of the molecule is CCC1NC(=O)CC1C(=O)NCc1ccc(Nc2ccc(N3CCC(C(F)(F)F)CC3)cc2)cc1. The first kappa shape index (κ1) is 24.9. The molecule has 9 heteroatoms.